The lowest BCUT2D eigenvalue weighted by atomic mass is 9.98. The van der Waals surface area contributed by atoms with Crippen LogP contribution in [0.4, 0.5) is 0 Å². The van der Waals surface area contributed by atoms with Crippen LogP contribution in [0, 0.1) is 0 Å². The van der Waals surface area contributed by atoms with Crippen molar-refractivity contribution in [1.82, 2.24) is 5.32 Å². The zero-order chi connectivity index (χ0) is 16.3. The molecule has 1 aromatic carbocycles. The van der Waals surface area contributed by atoms with Crippen molar-refractivity contribution in [3.8, 4) is 0 Å². The molecular formula is C21H36ClNO. The molecule has 0 bridgehead atoms. The number of hydrogen-bond acceptors (Lipinski definition) is 2. The fourth-order valence-corrected chi connectivity index (χ4v) is 3.59. The Balaban J connectivity index is 0.00000288. The Morgan fingerprint density at radius 2 is 1.79 bits per heavy atom. The molecule has 24 heavy (non-hydrogen) atoms. The summed E-state index contributed by atoms with van der Waals surface area (Å²) in [5, 5.41) is 3.57. The molecular weight excluding hydrogens is 318 g/mol. The molecule has 1 unspecified atom stereocenters. The number of benzene rings is 1. The highest BCUT2D eigenvalue weighted by Gasteiger charge is 2.20. The van der Waals surface area contributed by atoms with Crippen LogP contribution in [-0.4, -0.2) is 19.7 Å². The summed E-state index contributed by atoms with van der Waals surface area (Å²) in [5.41, 5.74) is 2.80. The molecule has 1 saturated heterocycles. The van der Waals surface area contributed by atoms with E-state index in [1.165, 1.54) is 68.9 Å². The molecule has 0 aromatic heterocycles. The van der Waals surface area contributed by atoms with Gasteiger partial charge >= 0.3 is 0 Å². The molecule has 138 valence electrons. The number of hydrogen-bond donors (Lipinski definition) is 1. The fraction of sp³-hybridized carbons (Fsp3) is 0.714. The van der Waals surface area contributed by atoms with Crippen LogP contribution >= 0.6 is 12.4 Å². The van der Waals surface area contributed by atoms with E-state index in [1.54, 1.807) is 0 Å². The second-order valence-electron chi connectivity index (χ2n) is 7.01. The zero-order valence-corrected chi connectivity index (χ0v) is 16.4. The third-order valence-electron chi connectivity index (χ3n) is 5.12. The lowest BCUT2D eigenvalue weighted by molar-refractivity contribution is 0.0874. The summed E-state index contributed by atoms with van der Waals surface area (Å²) in [6.45, 7) is 3.44. The van der Waals surface area contributed by atoms with E-state index in [-0.39, 0.29) is 18.5 Å². The lowest BCUT2D eigenvalue weighted by Gasteiger charge is -2.20. The Labute approximate surface area is 155 Å². The molecule has 0 amide bonds. The quantitative estimate of drug-likeness (QED) is 0.504. The number of halogens is 1. The SMILES string of the molecule is CCCCCCCCc1ccc(C(C[C@@H]2CCCN2)OC)cc1.Cl. The first kappa shape index (κ1) is 21.5. The molecule has 3 heteroatoms. The number of methoxy groups -OCH3 is 1. The van der Waals surface area contributed by atoms with E-state index < -0.39 is 0 Å². The zero-order valence-electron chi connectivity index (χ0n) is 15.6. The molecule has 2 rings (SSSR count). The molecule has 0 saturated carbocycles. The van der Waals surface area contributed by atoms with E-state index in [4.69, 9.17) is 4.74 Å². The molecule has 1 heterocycles. The van der Waals surface area contributed by atoms with Crippen LogP contribution in [0.2, 0.25) is 0 Å². The van der Waals surface area contributed by atoms with Crippen LogP contribution in [-0.2, 0) is 11.2 Å². The molecule has 1 aliphatic heterocycles. The van der Waals surface area contributed by atoms with Crippen molar-refractivity contribution < 1.29 is 4.74 Å². The standard InChI is InChI=1S/C21H35NO.ClH/c1-3-4-5-6-7-8-10-18-12-14-19(15-13-18)21(23-2)17-20-11-9-16-22-20;/h12-15,20-22H,3-11,16-17H2,1-2H3;1H/t20-,21?;/m0./s1. The Morgan fingerprint density at radius 3 is 2.42 bits per heavy atom. The van der Waals surface area contributed by atoms with Gasteiger partial charge in [-0.05, 0) is 49.8 Å². The highest BCUT2D eigenvalue weighted by Crippen LogP contribution is 2.25. The smallest absolute Gasteiger partial charge is 0.0836 e. The largest absolute Gasteiger partial charge is 0.377 e. The van der Waals surface area contributed by atoms with Gasteiger partial charge in [0.05, 0.1) is 6.10 Å². The van der Waals surface area contributed by atoms with Gasteiger partial charge in [-0.3, -0.25) is 0 Å². The normalized spacial score (nSPS) is 18.3. The third-order valence-corrected chi connectivity index (χ3v) is 5.12. The first-order chi connectivity index (χ1) is 11.3. The van der Waals surface area contributed by atoms with Gasteiger partial charge in [0.15, 0.2) is 0 Å². The van der Waals surface area contributed by atoms with Gasteiger partial charge in [-0.2, -0.15) is 0 Å². The van der Waals surface area contributed by atoms with Gasteiger partial charge in [-0.1, -0.05) is 63.3 Å². The topological polar surface area (TPSA) is 21.3 Å². The summed E-state index contributed by atoms with van der Waals surface area (Å²) in [7, 11) is 1.84. The molecule has 1 fully saturated rings. The summed E-state index contributed by atoms with van der Waals surface area (Å²) in [5.74, 6) is 0. The van der Waals surface area contributed by atoms with Crippen molar-refractivity contribution in [3.05, 3.63) is 35.4 Å². The van der Waals surface area contributed by atoms with Crippen molar-refractivity contribution in [3.63, 3.8) is 0 Å². The van der Waals surface area contributed by atoms with Crippen LogP contribution < -0.4 is 5.32 Å². The van der Waals surface area contributed by atoms with E-state index in [9.17, 15) is 0 Å². The number of nitrogens with one attached hydrogen (secondary N) is 1. The third kappa shape index (κ3) is 7.55. The summed E-state index contributed by atoms with van der Waals surface area (Å²) >= 11 is 0. The summed E-state index contributed by atoms with van der Waals surface area (Å²) in [6, 6.07) is 9.78. The second kappa shape index (κ2) is 12.7. The van der Waals surface area contributed by atoms with Gasteiger partial charge in [-0.25, -0.2) is 0 Å². The minimum absolute atomic E-state index is 0. The summed E-state index contributed by atoms with van der Waals surface area (Å²) in [4.78, 5) is 0. The number of ether oxygens (including phenoxy) is 1. The van der Waals surface area contributed by atoms with Crippen LogP contribution in [0.5, 0.6) is 0 Å². The monoisotopic (exact) mass is 353 g/mol. The average Bonchev–Trinajstić information content (AvgIpc) is 3.10. The van der Waals surface area contributed by atoms with E-state index in [2.05, 4.69) is 36.5 Å². The van der Waals surface area contributed by atoms with Gasteiger partial charge in [-0.15, -0.1) is 12.4 Å². The number of rotatable bonds is 11. The second-order valence-corrected chi connectivity index (χ2v) is 7.01. The van der Waals surface area contributed by atoms with Crippen LogP contribution in [0.3, 0.4) is 0 Å². The lowest BCUT2D eigenvalue weighted by Crippen LogP contribution is -2.24. The minimum atomic E-state index is 0. The Kier molecular flexibility index (Phi) is 11.4. The molecule has 1 aromatic rings. The molecule has 1 aliphatic rings. The van der Waals surface area contributed by atoms with Crippen molar-refractivity contribution in [2.45, 2.75) is 83.3 Å². The first-order valence-corrected chi connectivity index (χ1v) is 9.68. The van der Waals surface area contributed by atoms with E-state index >= 15 is 0 Å². The van der Waals surface area contributed by atoms with Gasteiger partial charge < -0.3 is 10.1 Å². The Morgan fingerprint density at radius 1 is 1.08 bits per heavy atom. The predicted octanol–water partition coefficient (Wildman–Crippen LogP) is 5.84. The van der Waals surface area contributed by atoms with Gasteiger partial charge in [0.1, 0.15) is 0 Å². The molecule has 2 atom stereocenters. The minimum Gasteiger partial charge on any atom is -0.377 e. The van der Waals surface area contributed by atoms with Crippen LogP contribution in [0.1, 0.15) is 81.9 Å². The summed E-state index contributed by atoms with van der Waals surface area (Å²) < 4.78 is 5.73. The van der Waals surface area contributed by atoms with Gasteiger partial charge in [0, 0.05) is 13.2 Å². The van der Waals surface area contributed by atoms with Crippen LogP contribution in [0.15, 0.2) is 24.3 Å². The van der Waals surface area contributed by atoms with Gasteiger partial charge in [0.2, 0.25) is 0 Å². The maximum atomic E-state index is 5.73. The van der Waals surface area contributed by atoms with E-state index in [1.807, 2.05) is 7.11 Å². The van der Waals surface area contributed by atoms with Crippen molar-refractivity contribution >= 4 is 12.4 Å². The maximum Gasteiger partial charge on any atom is 0.0836 e. The van der Waals surface area contributed by atoms with Crippen molar-refractivity contribution in [2.24, 2.45) is 0 Å². The Hall–Kier alpha value is -0.570. The molecule has 2 nitrogen and oxygen atoms in total. The van der Waals surface area contributed by atoms with Crippen molar-refractivity contribution in [2.75, 3.05) is 13.7 Å². The molecule has 0 aliphatic carbocycles. The molecule has 1 N–H and O–H groups in total. The first-order valence-electron chi connectivity index (χ1n) is 9.68. The highest BCUT2D eigenvalue weighted by atomic mass is 35.5. The average molecular weight is 354 g/mol. The van der Waals surface area contributed by atoms with E-state index in [0.29, 0.717) is 6.04 Å². The Bertz CT molecular complexity index is 414. The predicted molar refractivity (Wildman–Crippen MR) is 106 cm³/mol. The number of aryl methyl sites for hydroxylation is 1. The molecule has 0 spiro atoms. The van der Waals surface area contributed by atoms with Crippen molar-refractivity contribution in [1.29, 1.82) is 0 Å². The number of unbranched alkanes of at least 4 members (excludes halogenated alkanes) is 5. The molecule has 0 radical (unpaired) electrons. The van der Waals surface area contributed by atoms with E-state index in [0.717, 1.165) is 13.0 Å². The van der Waals surface area contributed by atoms with Gasteiger partial charge in [0.25, 0.3) is 0 Å². The fourth-order valence-electron chi connectivity index (χ4n) is 3.59. The summed E-state index contributed by atoms with van der Waals surface area (Å²) in [6.07, 6.45) is 13.3. The highest BCUT2D eigenvalue weighted by molar-refractivity contribution is 5.85. The van der Waals surface area contributed by atoms with Crippen LogP contribution in [0.25, 0.3) is 0 Å². The maximum absolute atomic E-state index is 5.73.